The Balaban J connectivity index is 1.12. The fraction of sp³-hybridized carbons (Fsp3) is 0.529. The number of thiocarbonyl (C=S) groups is 1. The van der Waals surface area contributed by atoms with Crippen molar-refractivity contribution in [2.24, 2.45) is 23.7 Å². The molecule has 2 aliphatic heterocycles. The lowest BCUT2D eigenvalue weighted by molar-refractivity contribution is -0.130. The molecule has 0 N–H and O–H groups in total. The Morgan fingerprint density at radius 3 is 2.44 bits per heavy atom. The van der Waals surface area contributed by atoms with Gasteiger partial charge >= 0.3 is 0 Å². The van der Waals surface area contributed by atoms with Crippen LogP contribution in [0.15, 0.2) is 39.7 Å². The molecule has 4 bridgehead atoms. The average molecular weight is 605 g/mol. The number of furan rings is 1. The van der Waals surface area contributed by atoms with E-state index >= 15 is 0 Å². The first kappa shape index (κ1) is 27.8. The number of piperidine rings is 1. The minimum atomic E-state index is 0.0438. The van der Waals surface area contributed by atoms with Gasteiger partial charge in [-0.1, -0.05) is 53.8 Å². The third kappa shape index (κ3) is 5.80. The molecule has 1 aromatic heterocycles. The van der Waals surface area contributed by atoms with Crippen molar-refractivity contribution in [2.45, 2.75) is 70.3 Å². The molecule has 4 nitrogen and oxygen atoms in total. The number of likely N-dealkylation sites (tertiary alicyclic amines) is 1. The molecule has 0 atom stereocenters. The second kappa shape index (κ2) is 11.9. The molecule has 3 heterocycles. The Hall–Kier alpha value is -2.04. The van der Waals surface area contributed by atoms with Crippen LogP contribution in [0.2, 0.25) is 5.02 Å². The van der Waals surface area contributed by atoms with Crippen LogP contribution in [0.3, 0.4) is 0 Å². The number of unbranched alkanes of at least 4 members (excludes halogenated alkanes) is 1. The van der Waals surface area contributed by atoms with Gasteiger partial charge in [-0.05, 0) is 119 Å². The molecule has 7 heteroatoms. The van der Waals surface area contributed by atoms with Crippen LogP contribution in [-0.4, -0.2) is 45.7 Å². The number of carbonyl (C=O) groups excluding carboxylic acids is 1. The smallest absolute Gasteiger partial charge is 0.266 e. The molecule has 1 aromatic carbocycles. The van der Waals surface area contributed by atoms with Crippen molar-refractivity contribution in [3.63, 3.8) is 0 Å². The summed E-state index contributed by atoms with van der Waals surface area (Å²) in [6.45, 7) is 3.53. The number of nitrogens with zero attached hydrogens (tertiary/aromatic N) is 2. The van der Waals surface area contributed by atoms with E-state index in [4.69, 9.17) is 28.2 Å². The molecular weight excluding hydrogens is 568 g/mol. The van der Waals surface area contributed by atoms with Crippen LogP contribution in [0.5, 0.6) is 0 Å². The molecule has 6 aliphatic rings. The van der Waals surface area contributed by atoms with Crippen LogP contribution in [0.25, 0.3) is 17.4 Å². The second-order valence-corrected chi connectivity index (χ2v) is 14.8. The summed E-state index contributed by atoms with van der Waals surface area (Å²) in [6, 6.07) is 9.88. The van der Waals surface area contributed by atoms with Crippen molar-refractivity contribution >= 4 is 51.9 Å². The fourth-order valence-corrected chi connectivity index (χ4v) is 9.71. The van der Waals surface area contributed by atoms with Gasteiger partial charge in [0.05, 0.1) is 10.5 Å². The zero-order valence-corrected chi connectivity index (χ0v) is 25.8. The number of thioether (sulfide) groups is 1. The largest absolute Gasteiger partial charge is 0.455 e. The third-order valence-electron chi connectivity index (χ3n) is 9.90. The Bertz CT molecular complexity index is 1380. The monoisotopic (exact) mass is 604 g/mol. The maximum atomic E-state index is 13.9. The lowest BCUT2D eigenvalue weighted by atomic mass is 9.54. The Morgan fingerprint density at radius 2 is 1.73 bits per heavy atom. The first-order valence-electron chi connectivity index (χ1n) is 15.4. The summed E-state index contributed by atoms with van der Waals surface area (Å²) >= 11 is 13.4. The van der Waals surface area contributed by atoms with Crippen LogP contribution in [0.1, 0.15) is 75.5 Å². The molecule has 4 aliphatic carbocycles. The van der Waals surface area contributed by atoms with Gasteiger partial charge in [-0.15, -0.1) is 0 Å². The first-order valence-corrected chi connectivity index (χ1v) is 17.0. The molecule has 6 fully saturated rings. The highest BCUT2D eigenvalue weighted by Gasteiger charge is 2.53. The number of benzene rings is 1. The van der Waals surface area contributed by atoms with Gasteiger partial charge in [-0.3, -0.25) is 9.69 Å². The summed E-state index contributed by atoms with van der Waals surface area (Å²) in [5, 5.41) is 0.683. The van der Waals surface area contributed by atoms with Crippen LogP contribution in [0, 0.1) is 35.5 Å². The minimum absolute atomic E-state index is 0.0438. The number of halogens is 1. The van der Waals surface area contributed by atoms with E-state index in [1.165, 1.54) is 76.2 Å². The van der Waals surface area contributed by atoms with E-state index in [1.54, 1.807) is 0 Å². The second-order valence-electron chi connectivity index (χ2n) is 12.7. The molecule has 0 spiro atoms. The molecule has 0 unspecified atom stereocenters. The van der Waals surface area contributed by atoms with Crippen molar-refractivity contribution in [1.82, 2.24) is 9.80 Å². The predicted octanol–water partition coefficient (Wildman–Crippen LogP) is 8.24. The van der Waals surface area contributed by atoms with Crippen molar-refractivity contribution in [2.75, 3.05) is 19.6 Å². The van der Waals surface area contributed by atoms with Crippen molar-refractivity contribution < 1.29 is 9.21 Å². The van der Waals surface area contributed by atoms with E-state index in [0.717, 1.165) is 48.1 Å². The van der Waals surface area contributed by atoms with E-state index in [1.807, 2.05) is 41.3 Å². The van der Waals surface area contributed by atoms with Crippen LogP contribution < -0.4 is 0 Å². The van der Waals surface area contributed by atoms with Gasteiger partial charge in [-0.25, -0.2) is 0 Å². The van der Waals surface area contributed by atoms with Gasteiger partial charge in [0.25, 0.3) is 5.91 Å². The normalized spacial score (nSPS) is 30.3. The molecule has 41 heavy (non-hydrogen) atoms. The van der Waals surface area contributed by atoms with Gasteiger partial charge in [0.15, 0.2) is 0 Å². The molecule has 4 saturated carbocycles. The molecule has 214 valence electrons. The number of hydrogen-bond acceptors (Lipinski definition) is 5. The molecule has 2 saturated heterocycles. The van der Waals surface area contributed by atoms with Gasteiger partial charge in [-0.2, -0.15) is 0 Å². The van der Waals surface area contributed by atoms with Crippen molar-refractivity contribution in [3.05, 3.63) is 51.6 Å². The third-order valence-corrected chi connectivity index (χ3v) is 11.5. The molecule has 8 rings (SSSR count). The summed E-state index contributed by atoms with van der Waals surface area (Å²) in [7, 11) is 0. The zero-order chi connectivity index (χ0) is 27.9. The summed E-state index contributed by atoms with van der Waals surface area (Å²) in [6.07, 6.45) is 14.2. The quantitative estimate of drug-likeness (QED) is 0.144. The fourth-order valence-electron chi connectivity index (χ4n) is 8.27. The predicted molar refractivity (Wildman–Crippen MR) is 171 cm³/mol. The number of hydrogen-bond donors (Lipinski definition) is 0. The van der Waals surface area contributed by atoms with Gasteiger partial charge in [0, 0.05) is 35.2 Å². The SMILES string of the molecule is O=C1/C(=C/c2oc(-c3ccc(Cl)cc3)cc2C#CCCCN2CCCCC2)SC(=S)N1C1C2CC3CC(C2)CC1C3. The van der Waals surface area contributed by atoms with Crippen LogP contribution in [0.4, 0.5) is 0 Å². The standard InChI is InChI=1S/C34H37ClN2O2S2/c35-28-10-8-24(9-11-28)29-20-25(7-3-1-4-12-36-13-5-2-6-14-36)30(39-29)21-31-33(38)37(34(40)41-31)32-26-16-22-15-23(18-26)19-27(32)17-22/h8-11,20-23,26-27,32H,1-2,4-6,12-19H2/b31-21-. The lowest BCUT2D eigenvalue weighted by Gasteiger charge is -2.56. The molecule has 1 amide bonds. The Kier molecular flexibility index (Phi) is 8.07. The molecular formula is C34H37ClN2O2S2. The Morgan fingerprint density at radius 1 is 1.02 bits per heavy atom. The van der Waals surface area contributed by atoms with Gasteiger partial charge in [0.1, 0.15) is 15.8 Å². The summed E-state index contributed by atoms with van der Waals surface area (Å²) in [5.41, 5.74) is 1.75. The van der Waals surface area contributed by atoms with E-state index < -0.39 is 0 Å². The van der Waals surface area contributed by atoms with E-state index in [0.29, 0.717) is 31.8 Å². The molecule has 0 radical (unpaired) electrons. The van der Waals surface area contributed by atoms with Gasteiger partial charge < -0.3 is 9.32 Å². The maximum Gasteiger partial charge on any atom is 0.266 e. The maximum absolute atomic E-state index is 13.9. The minimum Gasteiger partial charge on any atom is -0.455 e. The summed E-state index contributed by atoms with van der Waals surface area (Å²) in [4.78, 5) is 19.1. The van der Waals surface area contributed by atoms with Gasteiger partial charge in [0.2, 0.25) is 0 Å². The molecule has 2 aromatic rings. The number of rotatable bonds is 6. The topological polar surface area (TPSA) is 36.7 Å². The van der Waals surface area contributed by atoms with Crippen LogP contribution in [-0.2, 0) is 4.79 Å². The van der Waals surface area contributed by atoms with E-state index in [-0.39, 0.29) is 11.9 Å². The zero-order valence-electron chi connectivity index (χ0n) is 23.4. The number of carbonyl (C=O) groups is 1. The lowest BCUT2D eigenvalue weighted by Crippen LogP contribution is -2.57. The van der Waals surface area contributed by atoms with Crippen molar-refractivity contribution in [3.8, 4) is 23.2 Å². The highest BCUT2D eigenvalue weighted by molar-refractivity contribution is 8.26. The summed E-state index contributed by atoms with van der Waals surface area (Å²) < 4.78 is 7.06. The highest BCUT2D eigenvalue weighted by Crippen LogP contribution is 2.56. The van der Waals surface area contributed by atoms with E-state index in [9.17, 15) is 4.79 Å². The highest BCUT2D eigenvalue weighted by atomic mass is 35.5. The summed E-state index contributed by atoms with van der Waals surface area (Å²) in [5.74, 6) is 11.1. The van der Waals surface area contributed by atoms with Crippen LogP contribution >= 0.6 is 35.6 Å². The van der Waals surface area contributed by atoms with E-state index in [2.05, 4.69) is 16.7 Å². The van der Waals surface area contributed by atoms with Crippen molar-refractivity contribution in [1.29, 1.82) is 0 Å². The number of amides is 1. The first-order chi connectivity index (χ1) is 20.0. The Labute approximate surface area is 258 Å². The average Bonchev–Trinajstić information content (AvgIpc) is 3.49.